The zero-order valence-electron chi connectivity index (χ0n) is 12.8. The van der Waals surface area contributed by atoms with Crippen LogP contribution in [0.5, 0.6) is 0 Å². The topological polar surface area (TPSA) is 21.3 Å². The Hall–Kier alpha value is -0.860. The highest BCUT2D eigenvalue weighted by atomic mass is 16.5. The summed E-state index contributed by atoms with van der Waals surface area (Å²) < 4.78 is 6.09. The lowest BCUT2D eigenvalue weighted by Gasteiger charge is -2.49. The third kappa shape index (κ3) is 2.77. The van der Waals surface area contributed by atoms with E-state index in [0.29, 0.717) is 12.0 Å². The molecule has 1 saturated carbocycles. The molecule has 1 heterocycles. The molecule has 110 valence electrons. The maximum Gasteiger partial charge on any atom is 0.0686 e. The van der Waals surface area contributed by atoms with Crippen molar-refractivity contribution < 1.29 is 4.74 Å². The van der Waals surface area contributed by atoms with E-state index in [1.807, 2.05) is 0 Å². The Bertz CT molecular complexity index is 452. The van der Waals surface area contributed by atoms with Crippen LogP contribution in [0, 0.1) is 12.8 Å². The minimum absolute atomic E-state index is 0.237. The first kappa shape index (κ1) is 14.1. The minimum atomic E-state index is 0.237. The van der Waals surface area contributed by atoms with Crippen molar-refractivity contribution in [2.75, 3.05) is 13.2 Å². The molecule has 0 aromatic heterocycles. The quantitative estimate of drug-likeness (QED) is 0.895. The second kappa shape index (κ2) is 5.87. The maximum atomic E-state index is 6.09. The van der Waals surface area contributed by atoms with E-state index in [-0.39, 0.29) is 5.60 Å². The van der Waals surface area contributed by atoms with E-state index in [1.165, 1.54) is 43.2 Å². The highest BCUT2D eigenvalue weighted by molar-refractivity contribution is 5.26. The summed E-state index contributed by atoms with van der Waals surface area (Å²) in [6, 6.07) is 9.48. The Kier molecular flexibility index (Phi) is 4.13. The average molecular weight is 273 g/mol. The normalized spacial score (nSPS) is 26.2. The molecule has 1 aliphatic heterocycles. The van der Waals surface area contributed by atoms with Crippen molar-refractivity contribution in [2.45, 2.75) is 57.6 Å². The molecule has 0 radical (unpaired) electrons. The predicted octanol–water partition coefficient (Wildman–Crippen LogP) is 3.99. The molecule has 0 amide bonds. The van der Waals surface area contributed by atoms with Crippen molar-refractivity contribution in [2.24, 2.45) is 5.92 Å². The van der Waals surface area contributed by atoms with Crippen LogP contribution in [0.1, 0.15) is 56.2 Å². The number of hydrogen-bond acceptors (Lipinski definition) is 2. The van der Waals surface area contributed by atoms with Gasteiger partial charge in [0, 0.05) is 12.6 Å². The Morgan fingerprint density at radius 1 is 1.40 bits per heavy atom. The number of rotatable bonds is 4. The average Bonchev–Trinajstić information content (AvgIpc) is 2.43. The molecule has 2 fully saturated rings. The highest BCUT2D eigenvalue weighted by Crippen LogP contribution is 2.47. The van der Waals surface area contributed by atoms with Gasteiger partial charge in [0.05, 0.1) is 5.60 Å². The van der Waals surface area contributed by atoms with Crippen molar-refractivity contribution in [1.82, 2.24) is 5.32 Å². The largest absolute Gasteiger partial charge is 0.375 e. The van der Waals surface area contributed by atoms with Gasteiger partial charge in [0.15, 0.2) is 0 Å². The zero-order chi connectivity index (χ0) is 14.0. The summed E-state index contributed by atoms with van der Waals surface area (Å²) in [7, 11) is 0. The number of benzene rings is 1. The van der Waals surface area contributed by atoms with Gasteiger partial charge in [-0.3, -0.25) is 0 Å². The lowest BCUT2D eigenvalue weighted by molar-refractivity contribution is -0.147. The monoisotopic (exact) mass is 273 g/mol. The Balaban J connectivity index is 1.79. The standard InChI is InChI=1S/C18H27NO/c1-3-19-17(15-7-4-6-14(2)12-15)16-8-11-20-18(13-16)9-5-10-18/h4,6-7,12,16-17,19H,3,5,8-11,13H2,1-2H3. The van der Waals surface area contributed by atoms with Crippen molar-refractivity contribution in [1.29, 1.82) is 0 Å². The smallest absolute Gasteiger partial charge is 0.0686 e. The second-order valence-electron chi connectivity index (χ2n) is 6.59. The van der Waals surface area contributed by atoms with E-state index in [0.717, 1.165) is 13.2 Å². The molecular weight excluding hydrogens is 246 g/mol. The van der Waals surface area contributed by atoms with Crippen molar-refractivity contribution in [3.05, 3.63) is 35.4 Å². The summed E-state index contributed by atoms with van der Waals surface area (Å²) in [5, 5.41) is 3.73. The summed E-state index contributed by atoms with van der Waals surface area (Å²) in [5.74, 6) is 0.714. The minimum Gasteiger partial charge on any atom is -0.375 e. The third-order valence-corrected chi connectivity index (χ3v) is 5.09. The summed E-state index contributed by atoms with van der Waals surface area (Å²) in [5.41, 5.74) is 3.05. The summed E-state index contributed by atoms with van der Waals surface area (Å²) in [6.45, 7) is 6.37. The van der Waals surface area contributed by atoms with E-state index >= 15 is 0 Å². The van der Waals surface area contributed by atoms with Crippen LogP contribution >= 0.6 is 0 Å². The molecule has 1 spiro atoms. The van der Waals surface area contributed by atoms with Crippen LogP contribution < -0.4 is 5.32 Å². The Morgan fingerprint density at radius 3 is 2.90 bits per heavy atom. The first-order chi connectivity index (χ1) is 9.72. The van der Waals surface area contributed by atoms with Crippen molar-refractivity contribution >= 4 is 0 Å². The van der Waals surface area contributed by atoms with Crippen LogP contribution in [-0.2, 0) is 4.74 Å². The van der Waals surface area contributed by atoms with Gasteiger partial charge in [0.25, 0.3) is 0 Å². The molecule has 1 saturated heterocycles. The summed E-state index contributed by atoms with van der Waals surface area (Å²) in [4.78, 5) is 0. The lowest BCUT2D eigenvalue weighted by atomic mass is 9.69. The van der Waals surface area contributed by atoms with E-state index in [2.05, 4.69) is 43.4 Å². The van der Waals surface area contributed by atoms with E-state index in [1.54, 1.807) is 0 Å². The van der Waals surface area contributed by atoms with Gasteiger partial charge in [-0.25, -0.2) is 0 Å². The molecular formula is C18H27NO. The fourth-order valence-corrected chi connectivity index (χ4v) is 3.91. The molecule has 2 heteroatoms. The maximum absolute atomic E-state index is 6.09. The van der Waals surface area contributed by atoms with Crippen LogP contribution in [0.3, 0.4) is 0 Å². The van der Waals surface area contributed by atoms with Crippen molar-refractivity contribution in [3.8, 4) is 0 Å². The highest BCUT2D eigenvalue weighted by Gasteiger charge is 2.44. The molecule has 2 nitrogen and oxygen atoms in total. The molecule has 1 aliphatic carbocycles. The van der Waals surface area contributed by atoms with E-state index in [4.69, 9.17) is 4.74 Å². The lowest BCUT2D eigenvalue weighted by Crippen LogP contribution is -2.48. The molecule has 2 atom stereocenters. The van der Waals surface area contributed by atoms with Crippen LogP contribution in [0.25, 0.3) is 0 Å². The van der Waals surface area contributed by atoms with Gasteiger partial charge in [0.1, 0.15) is 0 Å². The van der Waals surface area contributed by atoms with Crippen LogP contribution in [-0.4, -0.2) is 18.8 Å². The predicted molar refractivity (Wildman–Crippen MR) is 82.9 cm³/mol. The van der Waals surface area contributed by atoms with Gasteiger partial charge >= 0.3 is 0 Å². The molecule has 2 unspecified atom stereocenters. The Morgan fingerprint density at radius 2 is 2.25 bits per heavy atom. The number of aryl methyl sites for hydroxylation is 1. The molecule has 1 aromatic carbocycles. The Labute approximate surface area is 122 Å². The zero-order valence-corrected chi connectivity index (χ0v) is 12.8. The number of hydrogen-bond donors (Lipinski definition) is 1. The number of ether oxygens (including phenoxy) is 1. The van der Waals surface area contributed by atoms with Gasteiger partial charge in [0.2, 0.25) is 0 Å². The molecule has 2 aliphatic rings. The molecule has 20 heavy (non-hydrogen) atoms. The van der Waals surface area contributed by atoms with Crippen LogP contribution in [0.4, 0.5) is 0 Å². The first-order valence-corrected chi connectivity index (χ1v) is 8.16. The van der Waals surface area contributed by atoms with Crippen LogP contribution in [0.2, 0.25) is 0 Å². The van der Waals surface area contributed by atoms with Crippen LogP contribution in [0.15, 0.2) is 24.3 Å². The van der Waals surface area contributed by atoms with Gasteiger partial charge in [-0.2, -0.15) is 0 Å². The van der Waals surface area contributed by atoms with Gasteiger partial charge in [-0.1, -0.05) is 36.8 Å². The number of nitrogens with one attached hydrogen (secondary N) is 1. The molecule has 0 bridgehead atoms. The van der Waals surface area contributed by atoms with E-state index < -0.39 is 0 Å². The van der Waals surface area contributed by atoms with Gasteiger partial charge in [-0.05, 0) is 57.1 Å². The SMILES string of the molecule is CCNC(c1cccc(C)c1)C1CCOC2(CCC2)C1. The molecule has 3 rings (SSSR count). The van der Waals surface area contributed by atoms with Crippen molar-refractivity contribution in [3.63, 3.8) is 0 Å². The first-order valence-electron chi connectivity index (χ1n) is 8.16. The fraction of sp³-hybridized carbons (Fsp3) is 0.667. The molecule has 1 aromatic rings. The molecule has 1 N–H and O–H groups in total. The third-order valence-electron chi connectivity index (χ3n) is 5.09. The van der Waals surface area contributed by atoms with E-state index in [9.17, 15) is 0 Å². The van der Waals surface area contributed by atoms with Gasteiger partial charge < -0.3 is 10.1 Å². The summed E-state index contributed by atoms with van der Waals surface area (Å²) in [6.07, 6.45) is 6.32. The second-order valence-corrected chi connectivity index (χ2v) is 6.59. The fourth-order valence-electron chi connectivity index (χ4n) is 3.91. The summed E-state index contributed by atoms with van der Waals surface area (Å²) >= 11 is 0. The van der Waals surface area contributed by atoms with Gasteiger partial charge in [-0.15, -0.1) is 0 Å².